The Morgan fingerprint density at radius 1 is 0.788 bits per heavy atom. The second kappa shape index (κ2) is 11.4. The molecule has 4 nitrogen and oxygen atoms in total. The van der Waals surface area contributed by atoms with Crippen LogP contribution >= 0.6 is 0 Å². The van der Waals surface area contributed by atoms with Crippen LogP contribution in [0.3, 0.4) is 0 Å². The molecular formula is C27H28F2N2O2. The predicted octanol–water partition coefficient (Wildman–Crippen LogP) is 5.06. The average Bonchev–Trinajstić information content (AvgIpc) is 2.81. The highest BCUT2D eigenvalue weighted by molar-refractivity contribution is 5.98. The molecule has 2 N–H and O–H groups in total. The summed E-state index contributed by atoms with van der Waals surface area (Å²) < 4.78 is 27.9. The molecule has 0 bridgehead atoms. The van der Waals surface area contributed by atoms with Gasteiger partial charge in [0.15, 0.2) is 0 Å². The summed E-state index contributed by atoms with van der Waals surface area (Å²) in [5.74, 6) is -3.47. The molecule has 3 aromatic carbocycles. The van der Waals surface area contributed by atoms with Crippen LogP contribution in [0.1, 0.15) is 47.7 Å². The number of carbonyl (C=O) groups is 2. The van der Waals surface area contributed by atoms with Gasteiger partial charge in [0.2, 0.25) is 5.91 Å². The minimum atomic E-state index is -0.969. The third kappa shape index (κ3) is 6.25. The Labute approximate surface area is 193 Å². The van der Waals surface area contributed by atoms with Crippen molar-refractivity contribution in [2.45, 2.75) is 32.2 Å². The number of carbonyl (C=O) groups excluding carboxylic acids is 2. The lowest BCUT2D eigenvalue weighted by Gasteiger charge is -2.23. The fraction of sp³-hybridized carbons (Fsp3) is 0.259. The van der Waals surface area contributed by atoms with Crippen LogP contribution < -0.4 is 10.6 Å². The highest BCUT2D eigenvalue weighted by Crippen LogP contribution is 2.27. The molecule has 0 aliphatic carbocycles. The van der Waals surface area contributed by atoms with E-state index in [1.54, 1.807) is 13.8 Å². The molecular weight excluding hydrogens is 422 g/mol. The molecule has 172 valence electrons. The van der Waals surface area contributed by atoms with Crippen molar-refractivity contribution in [2.24, 2.45) is 5.92 Å². The lowest BCUT2D eigenvalue weighted by molar-refractivity contribution is -0.123. The van der Waals surface area contributed by atoms with Crippen LogP contribution in [-0.2, 0) is 4.79 Å². The first-order valence-electron chi connectivity index (χ1n) is 11.0. The Hall–Kier alpha value is -3.54. The van der Waals surface area contributed by atoms with Gasteiger partial charge in [-0.25, -0.2) is 8.78 Å². The summed E-state index contributed by atoms with van der Waals surface area (Å²) >= 11 is 0. The molecule has 0 saturated heterocycles. The van der Waals surface area contributed by atoms with Crippen molar-refractivity contribution < 1.29 is 18.4 Å². The monoisotopic (exact) mass is 450 g/mol. The molecule has 0 radical (unpaired) electrons. The van der Waals surface area contributed by atoms with E-state index >= 15 is 0 Å². The Morgan fingerprint density at radius 3 is 1.79 bits per heavy atom. The van der Waals surface area contributed by atoms with Crippen molar-refractivity contribution in [3.63, 3.8) is 0 Å². The maximum absolute atomic E-state index is 14.0. The zero-order valence-electron chi connectivity index (χ0n) is 18.7. The van der Waals surface area contributed by atoms with Crippen LogP contribution in [0.5, 0.6) is 0 Å². The number of amides is 2. The SMILES string of the molecule is CC(C)[C@H](NC(=O)c1c(F)cccc1F)C(=O)NCCC(c1ccccc1)c1ccccc1. The maximum atomic E-state index is 14.0. The van der Waals surface area contributed by atoms with Gasteiger partial charge in [-0.15, -0.1) is 0 Å². The summed E-state index contributed by atoms with van der Waals surface area (Å²) in [5, 5.41) is 5.36. The maximum Gasteiger partial charge on any atom is 0.257 e. The second-order valence-corrected chi connectivity index (χ2v) is 8.25. The first kappa shape index (κ1) is 24.1. The summed E-state index contributed by atoms with van der Waals surface area (Å²) in [6, 6.07) is 22.3. The highest BCUT2D eigenvalue weighted by atomic mass is 19.1. The van der Waals surface area contributed by atoms with Gasteiger partial charge in [-0.1, -0.05) is 80.6 Å². The molecule has 0 aromatic heterocycles. The van der Waals surface area contributed by atoms with Crippen molar-refractivity contribution in [1.29, 1.82) is 0 Å². The van der Waals surface area contributed by atoms with Gasteiger partial charge in [-0.3, -0.25) is 9.59 Å². The Kier molecular flexibility index (Phi) is 8.30. The van der Waals surface area contributed by atoms with Gasteiger partial charge >= 0.3 is 0 Å². The zero-order chi connectivity index (χ0) is 23.8. The third-order valence-electron chi connectivity index (χ3n) is 5.56. The Balaban J connectivity index is 1.67. The Bertz CT molecular complexity index is 1010. The van der Waals surface area contributed by atoms with Crippen LogP contribution in [0.25, 0.3) is 0 Å². The van der Waals surface area contributed by atoms with Crippen molar-refractivity contribution in [3.8, 4) is 0 Å². The molecule has 3 aromatic rings. The number of halogens is 2. The molecule has 0 aliphatic heterocycles. The van der Waals surface area contributed by atoms with Crippen molar-refractivity contribution in [2.75, 3.05) is 6.54 Å². The topological polar surface area (TPSA) is 58.2 Å². The fourth-order valence-electron chi connectivity index (χ4n) is 3.81. The summed E-state index contributed by atoms with van der Waals surface area (Å²) in [6.45, 7) is 3.90. The summed E-state index contributed by atoms with van der Waals surface area (Å²) in [6.07, 6.45) is 0.653. The van der Waals surface area contributed by atoms with Crippen molar-refractivity contribution in [1.82, 2.24) is 10.6 Å². The van der Waals surface area contributed by atoms with Gasteiger partial charge < -0.3 is 10.6 Å². The van der Waals surface area contributed by atoms with E-state index in [2.05, 4.69) is 34.9 Å². The van der Waals surface area contributed by atoms with Gasteiger partial charge in [0.25, 0.3) is 5.91 Å². The van der Waals surface area contributed by atoms with E-state index < -0.39 is 35.1 Å². The molecule has 33 heavy (non-hydrogen) atoms. The van der Waals surface area contributed by atoms with Gasteiger partial charge in [-0.05, 0) is 35.6 Å². The van der Waals surface area contributed by atoms with Gasteiger partial charge in [0.05, 0.1) is 0 Å². The highest BCUT2D eigenvalue weighted by Gasteiger charge is 2.27. The average molecular weight is 451 g/mol. The fourth-order valence-corrected chi connectivity index (χ4v) is 3.81. The molecule has 0 unspecified atom stereocenters. The largest absolute Gasteiger partial charge is 0.354 e. The van der Waals surface area contributed by atoms with E-state index in [1.165, 1.54) is 6.07 Å². The normalized spacial score (nSPS) is 11.9. The van der Waals surface area contributed by atoms with Gasteiger partial charge in [-0.2, -0.15) is 0 Å². The second-order valence-electron chi connectivity index (χ2n) is 8.25. The number of hydrogen-bond donors (Lipinski definition) is 2. The third-order valence-corrected chi connectivity index (χ3v) is 5.56. The first-order valence-corrected chi connectivity index (χ1v) is 11.0. The molecule has 0 heterocycles. The summed E-state index contributed by atoms with van der Waals surface area (Å²) in [7, 11) is 0. The van der Waals surface area contributed by atoms with E-state index in [0.29, 0.717) is 13.0 Å². The van der Waals surface area contributed by atoms with Crippen LogP contribution in [-0.4, -0.2) is 24.4 Å². The van der Waals surface area contributed by atoms with E-state index in [4.69, 9.17) is 0 Å². The Morgan fingerprint density at radius 2 is 1.30 bits per heavy atom. The molecule has 6 heteroatoms. The zero-order valence-corrected chi connectivity index (χ0v) is 18.7. The molecule has 0 fully saturated rings. The minimum Gasteiger partial charge on any atom is -0.354 e. The molecule has 0 spiro atoms. The quantitative estimate of drug-likeness (QED) is 0.479. The number of nitrogens with one attached hydrogen (secondary N) is 2. The number of rotatable bonds is 9. The molecule has 2 amide bonds. The van der Waals surface area contributed by atoms with E-state index in [9.17, 15) is 18.4 Å². The van der Waals surface area contributed by atoms with Crippen LogP contribution in [0.15, 0.2) is 78.9 Å². The van der Waals surface area contributed by atoms with Gasteiger partial charge in [0, 0.05) is 12.5 Å². The molecule has 1 atom stereocenters. The first-order chi connectivity index (χ1) is 15.9. The van der Waals surface area contributed by atoms with Crippen molar-refractivity contribution >= 4 is 11.8 Å². The smallest absolute Gasteiger partial charge is 0.257 e. The standard InChI is InChI=1S/C27H28F2N2O2/c1-18(2)25(31-26(32)24-22(28)14-9-15-23(24)29)27(33)30-17-16-21(19-10-5-3-6-11-19)20-12-7-4-8-13-20/h3-15,18,21,25H,16-17H2,1-2H3,(H,30,33)(H,31,32)/t25-/m0/s1. The van der Waals surface area contributed by atoms with Crippen LogP contribution in [0.4, 0.5) is 8.78 Å². The molecule has 3 rings (SSSR count). The van der Waals surface area contributed by atoms with E-state index in [1.807, 2.05) is 36.4 Å². The number of benzene rings is 3. The number of hydrogen-bond acceptors (Lipinski definition) is 2. The summed E-state index contributed by atoms with van der Waals surface area (Å²) in [5.41, 5.74) is 1.59. The van der Waals surface area contributed by atoms with Crippen molar-refractivity contribution in [3.05, 3.63) is 107 Å². The van der Waals surface area contributed by atoms with E-state index in [0.717, 1.165) is 23.3 Å². The van der Waals surface area contributed by atoms with Gasteiger partial charge in [0.1, 0.15) is 23.2 Å². The van der Waals surface area contributed by atoms with Crippen LogP contribution in [0.2, 0.25) is 0 Å². The van der Waals surface area contributed by atoms with E-state index in [-0.39, 0.29) is 11.8 Å². The minimum absolute atomic E-state index is 0.0901. The van der Waals surface area contributed by atoms with Crippen LogP contribution in [0, 0.1) is 17.6 Å². The summed E-state index contributed by atoms with van der Waals surface area (Å²) in [4.78, 5) is 25.3. The lowest BCUT2D eigenvalue weighted by atomic mass is 9.88. The molecule has 0 aliphatic rings. The predicted molar refractivity (Wildman–Crippen MR) is 125 cm³/mol. The molecule has 0 saturated carbocycles. The lowest BCUT2D eigenvalue weighted by Crippen LogP contribution is -2.50.